The van der Waals surface area contributed by atoms with E-state index in [4.69, 9.17) is 17.3 Å². The van der Waals surface area contributed by atoms with Gasteiger partial charge >= 0.3 is 0 Å². The first-order chi connectivity index (χ1) is 9.44. The number of halogens is 1. The van der Waals surface area contributed by atoms with Gasteiger partial charge in [-0.15, -0.1) is 11.3 Å². The average molecular weight is 332 g/mol. The van der Waals surface area contributed by atoms with Gasteiger partial charge in [-0.1, -0.05) is 18.5 Å². The van der Waals surface area contributed by atoms with Crippen molar-refractivity contribution in [3.05, 3.63) is 39.8 Å². The second-order valence-electron chi connectivity index (χ2n) is 4.13. The number of rotatable bonds is 5. The maximum atomic E-state index is 12.4. The quantitative estimate of drug-likeness (QED) is 0.825. The van der Waals surface area contributed by atoms with E-state index in [2.05, 4.69) is 9.71 Å². The van der Waals surface area contributed by atoms with Crippen LogP contribution in [0.1, 0.15) is 24.4 Å². The van der Waals surface area contributed by atoms with E-state index in [0.717, 1.165) is 5.01 Å². The molecular weight excluding hydrogens is 318 g/mol. The predicted molar refractivity (Wildman–Crippen MR) is 81.3 cm³/mol. The van der Waals surface area contributed by atoms with Crippen LogP contribution >= 0.6 is 22.9 Å². The molecule has 1 unspecified atom stereocenters. The molecule has 2 aromatic rings. The van der Waals surface area contributed by atoms with Gasteiger partial charge in [0.25, 0.3) is 0 Å². The van der Waals surface area contributed by atoms with Crippen molar-refractivity contribution in [1.82, 2.24) is 9.71 Å². The van der Waals surface area contributed by atoms with Crippen LogP contribution in [-0.4, -0.2) is 13.4 Å². The molecule has 0 aliphatic rings. The van der Waals surface area contributed by atoms with Crippen LogP contribution < -0.4 is 10.5 Å². The number of nitrogen functional groups attached to an aromatic ring is 1. The fourth-order valence-electron chi connectivity index (χ4n) is 1.73. The van der Waals surface area contributed by atoms with E-state index in [1.165, 1.54) is 29.5 Å². The lowest BCUT2D eigenvalue weighted by molar-refractivity contribution is 0.549. The van der Waals surface area contributed by atoms with Gasteiger partial charge in [0.15, 0.2) is 0 Å². The molecule has 108 valence electrons. The summed E-state index contributed by atoms with van der Waals surface area (Å²) < 4.78 is 27.4. The molecule has 0 aliphatic heterocycles. The fraction of sp³-hybridized carbons (Fsp3) is 0.250. The first-order valence-corrected chi connectivity index (χ1v) is 8.65. The SMILES string of the molecule is CCC(NS(=O)(=O)c1ccc(Cl)cc1N)c1nccs1. The molecule has 1 aromatic carbocycles. The second kappa shape index (κ2) is 6.09. The highest BCUT2D eigenvalue weighted by Crippen LogP contribution is 2.26. The van der Waals surface area contributed by atoms with E-state index < -0.39 is 10.0 Å². The lowest BCUT2D eigenvalue weighted by Gasteiger charge is -2.15. The molecule has 0 amide bonds. The molecule has 0 saturated heterocycles. The molecule has 0 bridgehead atoms. The Morgan fingerprint density at radius 2 is 2.25 bits per heavy atom. The van der Waals surface area contributed by atoms with Gasteiger partial charge in [-0.25, -0.2) is 18.1 Å². The van der Waals surface area contributed by atoms with Crippen LogP contribution in [0.5, 0.6) is 0 Å². The summed E-state index contributed by atoms with van der Waals surface area (Å²) in [6.45, 7) is 1.89. The van der Waals surface area contributed by atoms with Crippen molar-refractivity contribution < 1.29 is 8.42 Å². The van der Waals surface area contributed by atoms with Crippen LogP contribution in [0.15, 0.2) is 34.7 Å². The minimum Gasteiger partial charge on any atom is -0.398 e. The molecule has 8 heteroatoms. The molecule has 0 radical (unpaired) electrons. The summed E-state index contributed by atoms with van der Waals surface area (Å²) in [5, 5.41) is 2.93. The summed E-state index contributed by atoms with van der Waals surface area (Å²) in [6.07, 6.45) is 2.24. The molecule has 0 spiro atoms. The number of nitrogens with one attached hydrogen (secondary N) is 1. The van der Waals surface area contributed by atoms with Crippen molar-refractivity contribution >= 4 is 38.6 Å². The largest absolute Gasteiger partial charge is 0.398 e. The zero-order valence-corrected chi connectivity index (χ0v) is 13.1. The van der Waals surface area contributed by atoms with Crippen LogP contribution in [-0.2, 0) is 10.0 Å². The van der Waals surface area contributed by atoms with Crippen molar-refractivity contribution in [2.24, 2.45) is 0 Å². The minimum atomic E-state index is -3.71. The van der Waals surface area contributed by atoms with E-state index in [9.17, 15) is 8.42 Å². The fourth-order valence-corrected chi connectivity index (χ4v) is 4.15. The van der Waals surface area contributed by atoms with Crippen LogP contribution in [0.4, 0.5) is 5.69 Å². The second-order valence-corrected chi connectivity index (χ2v) is 7.18. The van der Waals surface area contributed by atoms with E-state index >= 15 is 0 Å². The molecule has 1 aromatic heterocycles. The number of benzene rings is 1. The Kier molecular flexibility index (Phi) is 4.64. The predicted octanol–water partition coefficient (Wildman–Crippen LogP) is 2.81. The van der Waals surface area contributed by atoms with Gasteiger partial charge < -0.3 is 5.73 Å². The molecule has 0 fully saturated rings. The third kappa shape index (κ3) is 3.29. The highest BCUT2D eigenvalue weighted by molar-refractivity contribution is 7.89. The molecule has 2 rings (SSSR count). The summed E-state index contributed by atoms with van der Waals surface area (Å²) in [5.74, 6) is 0. The number of sulfonamides is 1. The van der Waals surface area contributed by atoms with Crippen molar-refractivity contribution in [1.29, 1.82) is 0 Å². The van der Waals surface area contributed by atoms with Gasteiger partial charge in [0.1, 0.15) is 9.90 Å². The number of nitrogens with zero attached hydrogens (tertiary/aromatic N) is 1. The number of anilines is 1. The number of hydrogen-bond acceptors (Lipinski definition) is 5. The minimum absolute atomic E-state index is 0.0249. The summed E-state index contributed by atoms with van der Waals surface area (Å²) in [7, 11) is -3.71. The van der Waals surface area contributed by atoms with Gasteiger partial charge in [-0.2, -0.15) is 0 Å². The molecule has 0 saturated carbocycles. The summed E-state index contributed by atoms with van der Waals surface area (Å²) in [5.41, 5.74) is 5.85. The van der Waals surface area contributed by atoms with Gasteiger partial charge in [-0.3, -0.25) is 0 Å². The first kappa shape index (κ1) is 15.2. The molecule has 1 heterocycles. The Balaban J connectivity index is 2.31. The number of hydrogen-bond donors (Lipinski definition) is 2. The Labute approximate surface area is 126 Å². The lowest BCUT2D eigenvalue weighted by atomic mass is 10.3. The molecule has 0 aliphatic carbocycles. The maximum absolute atomic E-state index is 12.4. The highest BCUT2D eigenvalue weighted by atomic mass is 35.5. The lowest BCUT2D eigenvalue weighted by Crippen LogP contribution is -2.28. The molecule has 3 N–H and O–H groups in total. The number of aromatic nitrogens is 1. The summed E-state index contributed by atoms with van der Waals surface area (Å²) >= 11 is 7.19. The molecule has 5 nitrogen and oxygen atoms in total. The zero-order chi connectivity index (χ0) is 14.8. The summed E-state index contributed by atoms with van der Waals surface area (Å²) in [4.78, 5) is 4.17. The van der Waals surface area contributed by atoms with Gasteiger partial charge in [0, 0.05) is 16.6 Å². The average Bonchev–Trinajstić information content (AvgIpc) is 2.89. The topological polar surface area (TPSA) is 85.1 Å². The van der Waals surface area contributed by atoms with E-state index in [-0.39, 0.29) is 16.6 Å². The van der Waals surface area contributed by atoms with Crippen molar-refractivity contribution in [3.8, 4) is 0 Å². The highest BCUT2D eigenvalue weighted by Gasteiger charge is 2.23. The monoisotopic (exact) mass is 331 g/mol. The zero-order valence-electron chi connectivity index (χ0n) is 10.7. The Bertz CT molecular complexity index is 687. The first-order valence-electron chi connectivity index (χ1n) is 5.90. The van der Waals surface area contributed by atoms with Crippen molar-refractivity contribution in [2.75, 3.05) is 5.73 Å². The van der Waals surface area contributed by atoms with Gasteiger partial charge in [0.2, 0.25) is 10.0 Å². The van der Waals surface area contributed by atoms with Crippen LogP contribution in [0.25, 0.3) is 0 Å². The van der Waals surface area contributed by atoms with E-state index in [1.807, 2.05) is 12.3 Å². The van der Waals surface area contributed by atoms with Crippen LogP contribution in [0.3, 0.4) is 0 Å². The Morgan fingerprint density at radius 1 is 1.50 bits per heavy atom. The van der Waals surface area contributed by atoms with Crippen LogP contribution in [0.2, 0.25) is 5.02 Å². The Morgan fingerprint density at radius 3 is 2.80 bits per heavy atom. The van der Waals surface area contributed by atoms with Gasteiger partial charge in [-0.05, 0) is 24.6 Å². The standard InChI is InChI=1S/C12H14ClN3O2S2/c1-2-10(12-15-5-6-19-12)16-20(17,18)11-4-3-8(13)7-9(11)14/h3-7,10,16H,2,14H2,1H3. The van der Waals surface area contributed by atoms with Crippen molar-refractivity contribution in [3.63, 3.8) is 0 Å². The molecular formula is C12H14ClN3O2S2. The summed E-state index contributed by atoms with van der Waals surface area (Å²) in [6, 6.07) is 3.95. The van der Waals surface area contributed by atoms with E-state index in [1.54, 1.807) is 6.20 Å². The normalized spacial score (nSPS) is 13.3. The Hall–Kier alpha value is -1.15. The van der Waals surface area contributed by atoms with E-state index in [0.29, 0.717) is 11.4 Å². The smallest absolute Gasteiger partial charge is 0.243 e. The number of thiazole rings is 1. The number of nitrogens with two attached hydrogens (primary N) is 1. The van der Waals surface area contributed by atoms with Crippen molar-refractivity contribution in [2.45, 2.75) is 24.3 Å². The third-order valence-corrected chi connectivity index (χ3v) is 5.39. The van der Waals surface area contributed by atoms with Gasteiger partial charge in [0.05, 0.1) is 11.7 Å². The molecule has 20 heavy (non-hydrogen) atoms. The maximum Gasteiger partial charge on any atom is 0.243 e. The third-order valence-electron chi connectivity index (χ3n) is 2.72. The van der Waals surface area contributed by atoms with Crippen LogP contribution in [0, 0.1) is 0 Å². The molecule has 1 atom stereocenters.